The van der Waals surface area contributed by atoms with Gasteiger partial charge in [-0.2, -0.15) is 0 Å². The predicted molar refractivity (Wildman–Crippen MR) is 83.8 cm³/mol. The Kier molecular flexibility index (Phi) is 2.36. The van der Waals surface area contributed by atoms with Crippen LogP contribution in [-0.2, 0) is 0 Å². The summed E-state index contributed by atoms with van der Waals surface area (Å²) >= 11 is 0. The van der Waals surface area contributed by atoms with Crippen LogP contribution in [0.2, 0.25) is 0 Å². The number of imidazole rings is 1. The van der Waals surface area contributed by atoms with Crippen LogP contribution < -0.4 is 0 Å². The van der Waals surface area contributed by atoms with Crippen molar-refractivity contribution in [1.82, 2.24) is 9.97 Å². The second kappa shape index (κ2) is 4.20. The first-order chi connectivity index (χ1) is 9.83. The molecule has 1 aromatic heterocycles. The number of rotatable bonds is 1. The number of hydrogen-bond acceptors (Lipinski definition) is 1. The van der Waals surface area contributed by atoms with Crippen molar-refractivity contribution in [2.24, 2.45) is 0 Å². The van der Waals surface area contributed by atoms with E-state index in [0.717, 1.165) is 22.4 Å². The molecule has 0 bridgehead atoms. The average molecular weight is 258 g/mol. The van der Waals surface area contributed by atoms with E-state index < -0.39 is 0 Å². The zero-order valence-corrected chi connectivity index (χ0v) is 11.2. The molecule has 0 unspecified atom stereocenters. The maximum atomic E-state index is 4.72. The highest BCUT2D eigenvalue weighted by molar-refractivity contribution is 5.98. The molecule has 0 saturated heterocycles. The minimum Gasteiger partial charge on any atom is -0.338 e. The molecule has 0 spiro atoms. The summed E-state index contributed by atoms with van der Waals surface area (Å²) in [5.41, 5.74) is 4.52. The van der Waals surface area contributed by atoms with E-state index in [1.165, 1.54) is 16.3 Å². The lowest BCUT2D eigenvalue weighted by molar-refractivity contribution is 1.34. The van der Waals surface area contributed by atoms with Gasteiger partial charge in [0, 0.05) is 5.56 Å². The summed E-state index contributed by atoms with van der Waals surface area (Å²) in [6.45, 7) is 2.15. The molecule has 1 heterocycles. The van der Waals surface area contributed by atoms with E-state index in [-0.39, 0.29) is 0 Å². The normalized spacial score (nSPS) is 11.2. The monoisotopic (exact) mass is 258 g/mol. The molecule has 20 heavy (non-hydrogen) atoms. The van der Waals surface area contributed by atoms with E-state index >= 15 is 0 Å². The second-order valence-electron chi connectivity index (χ2n) is 5.08. The minimum absolute atomic E-state index is 0.936. The molecular formula is C18H14N2. The molecule has 2 nitrogen and oxygen atoms in total. The van der Waals surface area contributed by atoms with Crippen molar-refractivity contribution in [3.05, 3.63) is 66.2 Å². The number of aromatic amines is 1. The second-order valence-corrected chi connectivity index (χ2v) is 5.08. The third kappa shape index (κ3) is 1.62. The van der Waals surface area contributed by atoms with Gasteiger partial charge in [-0.05, 0) is 35.4 Å². The number of nitrogens with zero attached hydrogens (tertiary/aromatic N) is 1. The van der Waals surface area contributed by atoms with Gasteiger partial charge in [-0.1, -0.05) is 48.5 Å². The van der Waals surface area contributed by atoms with Crippen LogP contribution in [0, 0.1) is 6.92 Å². The Bertz CT molecular complexity index is 881. The first-order valence-corrected chi connectivity index (χ1v) is 6.76. The van der Waals surface area contributed by atoms with E-state index in [2.05, 4.69) is 54.4 Å². The lowest BCUT2D eigenvalue weighted by atomic mass is 10.00. The van der Waals surface area contributed by atoms with Crippen LogP contribution in [0.1, 0.15) is 5.56 Å². The SMILES string of the molecule is Cc1cccc2cccc(-c3nc4ccccc4[nH]3)c12. The fourth-order valence-corrected chi connectivity index (χ4v) is 2.81. The molecule has 0 fully saturated rings. The summed E-state index contributed by atoms with van der Waals surface area (Å²) < 4.78 is 0. The topological polar surface area (TPSA) is 28.7 Å². The molecular weight excluding hydrogens is 244 g/mol. The van der Waals surface area contributed by atoms with Crippen LogP contribution in [0.3, 0.4) is 0 Å². The highest BCUT2D eigenvalue weighted by Crippen LogP contribution is 2.30. The van der Waals surface area contributed by atoms with Gasteiger partial charge in [-0.25, -0.2) is 4.98 Å². The van der Waals surface area contributed by atoms with Crippen molar-refractivity contribution in [3.8, 4) is 11.4 Å². The predicted octanol–water partition coefficient (Wildman–Crippen LogP) is 4.69. The van der Waals surface area contributed by atoms with Crippen LogP contribution in [0.25, 0.3) is 33.2 Å². The summed E-state index contributed by atoms with van der Waals surface area (Å²) in [5.74, 6) is 0.936. The summed E-state index contributed by atoms with van der Waals surface area (Å²) in [4.78, 5) is 8.14. The van der Waals surface area contributed by atoms with E-state index in [0.29, 0.717) is 0 Å². The van der Waals surface area contributed by atoms with Gasteiger partial charge in [-0.15, -0.1) is 0 Å². The third-order valence-electron chi connectivity index (χ3n) is 3.76. The Labute approximate surface area is 117 Å². The fourth-order valence-electron chi connectivity index (χ4n) is 2.81. The van der Waals surface area contributed by atoms with Crippen molar-refractivity contribution >= 4 is 21.8 Å². The summed E-state index contributed by atoms with van der Waals surface area (Å²) in [7, 11) is 0. The molecule has 0 atom stereocenters. The molecule has 0 aliphatic carbocycles. The summed E-state index contributed by atoms with van der Waals surface area (Å²) in [6.07, 6.45) is 0. The lowest BCUT2D eigenvalue weighted by Crippen LogP contribution is -1.86. The van der Waals surface area contributed by atoms with Gasteiger partial charge >= 0.3 is 0 Å². The van der Waals surface area contributed by atoms with E-state index in [1.807, 2.05) is 18.2 Å². The number of H-pyrrole nitrogens is 1. The smallest absolute Gasteiger partial charge is 0.139 e. The molecule has 0 radical (unpaired) electrons. The van der Waals surface area contributed by atoms with Gasteiger partial charge in [0.05, 0.1) is 11.0 Å². The average Bonchev–Trinajstić information content (AvgIpc) is 2.91. The molecule has 0 aliphatic rings. The first kappa shape index (κ1) is 11.2. The fraction of sp³-hybridized carbons (Fsp3) is 0.0556. The van der Waals surface area contributed by atoms with Crippen molar-refractivity contribution in [3.63, 3.8) is 0 Å². The number of aromatic nitrogens is 2. The van der Waals surface area contributed by atoms with Crippen molar-refractivity contribution < 1.29 is 0 Å². The Hall–Kier alpha value is -2.61. The van der Waals surface area contributed by atoms with Crippen LogP contribution in [0.5, 0.6) is 0 Å². The number of para-hydroxylation sites is 2. The maximum Gasteiger partial charge on any atom is 0.139 e. The number of aryl methyl sites for hydroxylation is 1. The van der Waals surface area contributed by atoms with Crippen LogP contribution in [-0.4, -0.2) is 9.97 Å². The van der Waals surface area contributed by atoms with Crippen molar-refractivity contribution in [2.45, 2.75) is 6.92 Å². The van der Waals surface area contributed by atoms with Gasteiger partial charge in [0.25, 0.3) is 0 Å². The Morgan fingerprint density at radius 2 is 1.65 bits per heavy atom. The number of fused-ring (bicyclic) bond motifs is 2. The molecule has 4 aromatic rings. The third-order valence-corrected chi connectivity index (χ3v) is 3.76. The van der Waals surface area contributed by atoms with Crippen LogP contribution in [0.4, 0.5) is 0 Å². The molecule has 0 amide bonds. The summed E-state index contributed by atoms with van der Waals surface area (Å²) in [5, 5.41) is 2.53. The van der Waals surface area contributed by atoms with Crippen molar-refractivity contribution in [1.29, 1.82) is 0 Å². The van der Waals surface area contributed by atoms with E-state index in [4.69, 9.17) is 4.98 Å². The number of benzene rings is 3. The molecule has 0 saturated carbocycles. The highest BCUT2D eigenvalue weighted by Gasteiger charge is 2.09. The maximum absolute atomic E-state index is 4.72. The van der Waals surface area contributed by atoms with Crippen LogP contribution in [0.15, 0.2) is 60.7 Å². The molecule has 2 heteroatoms. The standard InChI is InChI=1S/C18H14N2/c1-12-6-4-7-13-8-5-9-14(17(12)13)18-19-15-10-2-3-11-16(15)20-18/h2-11H,1H3,(H,19,20). The quantitative estimate of drug-likeness (QED) is 0.527. The van der Waals surface area contributed by atoms with Gasteiger partial charge < -0.3 is 4.98 Å². The molecule has 1 N–H and O–H groups in total. The van der Waals surface area contributed by atoms with E-state index in [1.54, 1.807) is 0 Å². The number of hydrogen-bond donors (Lipinski definition) is 1. The van der Waals surface area contributed by atoms with Gasteiger partial charge in [0.2, 0.25) is 0 Å². The number of nitrogens with one attached hydrogen (secondary N) is 1. The molecule has 0 aliphatic heterocycles. The van der Waals surface area contributed by atoms with Gasteiger partial charge in [0.1, 0.15) is 5.82 Å². The Morgan fingerprint density at radius 3 is 2.50 bits per heavy atom. The largest absolute Gasteiger partial charge is 0.338 e. The zero-order chi connectivity index (χ0) is 13.5. The Balaban J connectivity index is 2.07. The molecule has 96 valence electrons. The summed E-state index contributed by atoms with van der Waals surface area (Å²) in [6, 6.07) is 20.9. The van der Waals surface area contributed by atoms with Crippen molar-refractivity contribution in [2.75, 3.05) is 0 Å². The minimum atomic E-state index is 0.936. The zero-order valence-electron chi connectivity index (χ0n) is 11.2. The van der Waals surface area contributed by atoms with Gasteiger partial charge in [-0.3, -0.25) is 0 Å². The molecule has 4 rings (SSSR count). The highest BCUT2D eigenvalue weighted by atomic mass is 14.9. The van der Waals surface area contributed by atoms with Gasteiger partial charge in [0.15, 0.2) is 0 Å². The van der Waals surface area contributed by atoms with Crippen LogP contribution >= 0.6 is 0 Å². The van der Waals surface area contributed by atoms with E-state index in [9.17, 15) is 0 Å². The first-order valence-electron chi connectivity index (χ1n) is 6.76. The Morgan fingerprint density at radius 1 is 0.850 bits per heavy atom. The molecule has 3 aromatic carbocycles. The lowest BCUT2D eigenvalue weighted by Gasteiger charge is -2.06.